The zero-order chi connectivity index (χ0) is 15.2. The number of nitrogens with zero attached hydrogens (tertiary/aromatic N) is 2. The van der Waals surface area contributed by atoms with Crippen LogP contribution in [0.1, 0.15) is 29.2 Å². The summed E-state index contributed by atoms with van der Waals surface area (Å²) in [6, 6.07) is 2.01. The Bertz CT molecular complexity index is 689. The maximum atomic E-state index is 12.3. The maximum absolute atomic E-state index is 12.3. The second kappa shape index (κ2) is 4.85. The summed E-state index contributed by atoms with van der Waals surface area (Å²) in [5.74, 6) is -0.0680. The first-order valence-corrected chi connectivity index (χ1v) is 7.61. The Morgan fingerprint density at radius 3 is 2.86 bits per heavy atom. The Kier molecular flexibility index (Phi) is 3.26. The van der Waals surface area contributed by atoms with Crippen LogP contribution in [0.3, 0.4) is 0 Å². The van der Waals surface area contributed by atoms with Crippen molar-refractivity contribution in [3.8, 4) is 10.4 Å². The van der Waals surface area contributed by atoms with E-state index in [1.54, 1.807) is 6.20 Å². The molecule has 0 radical (unpaired) electrons. The number of β-amino-alcohol motifs (C(OH)–C–C–N with tert-alkyl or cyclic N) is 1. The van der Waals surface area contributed by atoms with E-state index in [-0.39, 0.29) is 12.5 Å². The van der Waals surface area contributed by atoms with Gasteiger partial charge in [-0.2, -0.15) is 5.10 Å². The standard InChI is InChI=1S/C14H18N4O2S/c1-8-9(7-15-17-8)11-6-10-12(21-11)13(20)16-14(2,3)18(10)4-5-19/h6-7,19H,4-5H2,1-3H3,(H,15,17)(H,16,20). The van der Waals surface area contributed by atoms with E-state index in [4.69, 9.17) is 0 Å². The van der Waals surface area contributed by atoms with E-state index in [2.05, 4.69) is 15.5 Å². The van der Waals surface area contributed by atoms with Gasteiger partial charge in [-0.15, -0.1) is 11.3 Å². The first-order valence-electron chi connectivity index (χ1n) is 6.79. The van der Waals surface area contributed by atoms with Crippen LogP contribution in [0.4, 0.5) is 5.69 Å². The fourth-order valence-corrected chi connectivity index (χ4v) is 3.80. The van der Waals surface area contributed by atoms with Gasteiger partial charge in [-0.1, -0.05) is 0 Å². The number of amides is 1. The van der Waals surface area contributed by atoms with E-state index in [1.807, 2.05) is 31.7 Å². The van der Waals surface area contributed by atoms with E-state index in [1.165, 1.54) is 11.3 Å². The van der Waals surface area contributed by atoms with Gasteiger partial charge in [0, 0.05) is 22.7 Å². The molecule has 1 amide bonds. The van der Waals surface area contributed by atoms with Crippen molar-refractivity contribution in [3.05, 3.63) is 22.8 Å². The van der Waals surface area contributed by atoms with Crippen LogP contribution >= 0.6 is 11.3 Å². The maximum Gasteiger partial charge on any atom is 0.265 e. The quantitative estimate of drug-likeness (QED) is 0.806. The molecule has 2 aromatic heterocycles. The molecule has 6 nitrogen and oxygen atoms in total. The Morgan fingerprint density at radius 2 is 2.24 bits per heavy atom. The van der Waals surface area contributed by atoms with Crippen LogP contribution in [-0.4, -0.2) is 40.0 Å². The first-order chi connectivity index (χ1) is 9.94. The fraction of sp³-hybridized carbons (Fsp3) is 0.429. The number of aromatic amines is 1. The number of thiophene rings is 1. The molecule has 7 heteroatoms. The van der Waals surface area contributed by atoms with Crippen LogP contribution < -0.4 is 10.2 Å². The number of carbonyl (C=O) groups excluding carboxylic acids is 1. The van der Waals surface area contributed by atoms with Crippen LogP contribution in [0.25, 0.3) is 10.4 Å². The second-order valence-corrected chi connectivity index (χ2v) is 6.67. The molecule has 0 aliphatic carbocycles. The van der Waals surface area contributed by atoms with Crippen molar-refractivity contribution in [2.75, 3.05) is 18.1 Å². The van der Waals surface area contributed by atoms with Crippen molar-refractivity contribution in [1.82, 2.24) is 15.5 Å². The Hall–Kier alpha value is -1.86. The predicted molar refractivity (Wildman–Crippen MR) is 82.6 cm³/mol. The van der Waals surface area contributed by atoms with Crippen molar-refractivity contribution in [2.45, 2.75) is 26.4 Å². The van der Waals surface area contributed by atoms with Gasteiger partial charge in [-0.25, -0.2) is 0 Å². The molecule has 0 atom stereocenters. The summed E-state index contributed by atoms with van der Waals surface area (Å²) in [7, 11) is 0. The van der Waals surface area contributed by atoms with Crippen molar-refractivity contribution < 1.29 is 9.90 Å². The Balaban J connectivity index is 2.11. The number of hydrogen-bond acceptors (Lipinski definition) is 5. The number of hydrogen-bond donors (Lipinski definition) is 3. The molecular weight excluding hydrogens is 288 g/mol. The number of anilines is 1. The lowest BCUT2D eigenvalue weighted by atomic mass is 10.1. The van der Waals surface area contributed by atoms with Gasteiger partial charge in [0.1, 0.15) is 10.5 Å². The number of aromatic nitrogens is 2. The number of rotatable bonds is 3. The summed E-state index contributed by atoms with van der Waals surface area (Å²) in [5.41, 5.74) is 2.33. The molecule has 1 aliphatic heterocycles. The highest BCUT2D eigenvalue weighted by Gasteiger charge is 2.38. The van der Waals surface area contributed by atoms with Crippen LogP contribution in [-0.2, 0) is 0 Å². The minimum Gasteiger partial charge on any atom is -0.395 e. The molecule has 0 saturated carbocycles. The summed E-state index contributed by atoms with van der Waals surface area (Å²) in [6.07, 6.45) is 1.77. The fourth-order valence-electron chi connectivity index (χ4n) is 2.68. The average molecular weight is 306 g/mol. The molecule has 2 aromatic rings. The predicted octanol–water partition coefficient (Wildman–Crippen LogP) is 1.72. The minimum atomic E-state index is -0.517. The van der Waals surface area contributed by atoms with E-state index < -0.39 is 5.66 Å². The van der Waals surface area contributed by atoms with Crippen LogP contribution in [0.2, 0.25) is 0 Å². The lowest BCUT2D eigenvalue weighted by Gasteiger charge is -2.43. The minimum absolute atomic E-state index is 0.0364. The van der Waals surface area contributed by atoms with Crippen molar-refractivity contribution in [1.29, 1.82) is 0 Å². The highest BCUT2D eigenvalue weighted by molar-refractivity contribution is 7.18. The molecule has 0 saturated heterocycles. The summed E-state index contributed by atoms with van der Waals surface area (Å²) < 4.78 is 0. The van der Waals surface area contributed by atoms with Gasteiger partial charge in [0.2, 0.25) is 0 Å². The molecule has 3 N–H and O–H groups in total. The molecule has 21 heavy (non-hydrogen) atoms. The van der Waals surface area contributed by atoms with Crippen LogP contribution in [0.5, 0.6) is 0 Å². The molecule has 0 fully saturated rings. The largest absolute Gasteiger partial charge is 0.395 e. The number of aliphatic hydroxyl groups is 1. The molecule has 3 heterocycles. The number of fused-ring (bicyclic) bond motifs is 1. The van der Waals surface area contributed by atoms with Crippen molar-refractivity contribution in [2.24, 2.45) is 0 Å². The van der Waals surface area contributed by atoms with E-state index in [9.17, 15) is 9.90 Å². The first kappa shape index (κ1) is 14.1. The SMILES string of the molecule is Cc1[nH]ncc1-c1cc2c(s1)C(=O)NC(C)(C)N2CCO. The van der Waals surface area contributed by atoms with Crippen molar-refractivity contribution >= 4 is 22.9 Å². The smallest absolute Gasteiger partial charge is 0.265 e. The molecule has 0 aromatic carbocycles. The highest BCUT2D eigenvalue weighted by atomic mass is 32.1. The zero-order valence-corrected chi connectivity index (χ0v) is 13.0. The summed E-state index contributed by atoms with van der Waals surface area (Å²) in [6.45, 7) is 6.33. The number of nitrogens with one attached hydrogen (secondary N) is 2. The molecule has 1 aliphatic rings. The Morgan fingerprint density at radius 1 is 1.48 bits per heavy atom. The summed E-state index contributed by atoms with van der Waals surface area (Å²) in [5, 5.41) is 19.2. The number of aliphatic hydroxyl groups excluding tert-OH is 1. The third-order valence-electron chi connectivity index (χ3n) is 3.72. The highest BCUT2D eigenvalue weighted by Crippen LogP contribution is 2.41. The van der Waals surface area contributed by atoms with E-state index in [0.29, 0.717) is 11.4 Å². The monoisotopic (exact) mass is 306 g/mol. The van der Waals surface area contributed by atoms with Crippen LogP contribution in [0, 0.1) is 6.92 Å². The molecule has 112 valence electrons. The third-order valence-corrected chi connectivity index (χ3v) is 4.88. The summed E-state index contributed by atoms with van der Waals surface area (Å²) >= 11 is 1.45. The number of carbonyl (C=O) groups is 1. The summed E-state index contributed by atoms with van der Waals surface area (Å²) in [4.78, 5) is 16.0. The molecular formula is C14H18N4O2S. The van der Waals surface area contributed by atoms with Gasteiger partial charge >= 0.3 is 0 Å². The second-order valence-electron chi connectivity index (χ2n) is 5.62. The van der Waals surface area contributed by atoms with Crippen molar-refractivity contribution in [3.63, 3.8) is 0 Å². The average Bonchev–Trinajstić information content (AvgIpc) is 3.00. The lowest BCUT2D eigenvalue weighted by molar-refractivity contribution is 0.0899. The normalized spacial score (nSPS) is 16.8. The van der Waals surface area contributed by atoms with Gasteiger partial charge in [-0.05, 0) is 26.8 Å². The number of H-pyrrole nitrogens is 1. The zero-order valence-electron chi connectivity index (χ0n) is 12.2. The third kappa shape index (κ3) is 2.22. The molecule has 0 unspecified atom stereocenters. The topological polar surface area (TPSA) is 81.2 Å². The van der Waals surface area contributed by atoms with Gasteiger partial charge in [0.05, 0.1) is 18.5 Å². The van der Waals surface area contributed by atoms with Gasteiger partial charge in [0.25, 0.3) is 5.91 Å². The van der Waals surface area contributed by atoms with E-state index >= 15 is 0 Å². The lowest BCUT2D eigenvalue weighted by Crippen LogP contribution is -2.60. The van der Waals surface area contributed by atoms with Gasteiger partial charge in [-0.3, -0.25) is 9.89 Å². The van der Waals surface area contributed by atoms with Crippen LogP contribution in [0.15, 0.2) is 12.3 Å². The van der Waals surface area contributed by atoms with Gasteiger partial charge in [0.15, 0.2) is 0 Å². The number of aryl methyl sites for hydroxylation is 1. The molecule has 0 bridgehead atoms. The molecule has 3 rings (SSSR count). The Labute approximate surface area is 126 Å². The molecule has 0 spiro atoms. The van der Waals surface area contributed by atoms with E-state index in [0.717, 1.165) is 21.8 Å². The van der Waals surface area contributed by atoms with Gasteiger partial charge < -0.3 is 15.3 Å².